The summed E-state index contributed by atoms with van der Waals surface area (Å²) < 4.78 is 6.24. The highest BCUT2D eigenvalue weighted by Crippen LogP contribution is 2.25. The van der Waals surface area contributed by atoms with Crippen molar-refractivity contribution in [2.45, 2.75) is 6.54 Å². The number of benzene rings is 1. The zero-order valence-electron chi connectivity index (χ0n) is 11.6. The quantitative estimate of drug-likeness (QED) is 0.824. The van der Waals surface area contributed by atoms with Crippen LogP contribution in [-0.2, 0) is 6.54 Å². The van der Waals surface area contributed by atoms with Gasteiger partial charge in [0.1, 0.15) is 5.75 Å². The molecule has 0 aliphatic carbocycles. The second-order valence-electron chi connectivity index (χ2n) is 4.47. The number of ether oxygens (including phenoxy) is 1. The Morgan fingerprint density at radius 3 is 2.86 bits per heavy atom. The maximum atomic E-state index is 12.4. The van der Waals surface area contributed by atoms with E-state index in [1.54, 1.807) is 31.3 Å². The zero-order valence-corrected chi connectivity index (χ0v) is 14.0. The smallest absolute Gasteiger partial charge is 0.256 e. The Morgan fingerprint density at radius 2 is 2.19 bits per heavy atom. The van der Waals surface area contributed by atoms with Crippen LogP contribution in [0, 0.1) is 0 Å². The third-order valence-electron chi connectivity index (χ3n) is 2.99. The lowest BCUT2D eigenvalue weighted by molar-refractivity contribution is 0.0784. The summed E-state index contributed by atoms with van der Waals surface area (Å²) in [6.45, 7) is 0.409. The number of hydrogen-bond acceptors (Lipinski definition) is 3. The summed E-state index contributed by atoms with van der Waals surface area (Å²) in [7, 11) is 3.32. The average Bonchev–Trinajstić information content (AvgIpc) is 2.47. The number of aromatic nitrogens is 1. The zero-order chi connectivity index (χ0) is 15.4. The lowest BCUT2D eigenvalue weighted by atomic mass is 10.1. The van der Waals surface area contributed by atoms with Gasteiger partial charge in [-0.15, -0.1) is 0 Å². The Hall–Kier alpha value is -1.59. The van der Waals surface area contributed by atoms with Gasteiger partial charge in [-0.2, -0.15) is 0 Å². The fourth-order valence-corrected chi connectivity index (χ4v) is 2.53. The number of pyridine rings is 1. The largest absolute Gasteiger partial charge is 0.496 e. The predicted octanol–water partition coefficient (Wildman–Crippen LogP) is 3.78. The Balaban J connectivity index is 2.22. The molecular weight excluding hydrogens is 356 g/mol. The van der Waals surface area contributed by atoms with Gasteiger partial charge >= 0.3 is 0 Å². The number of carbonyl (C=O) groups excluding carboxylic acids is 1. The second-order valence-corrected chi connectivity index (χ2v) is 5.80. The Morgan fingerprint density at radius 1 is 1.43 bits per heavy atom. The van der Waals surface area contributed by atoms with Crippen molar-refractivity contribution >= 4 is 33.4 Å². The van der Waals surface area contributed by atoms with Crippen molar-refractivity contribution in [3.05, 3.63) is 57.3 Å². The Kier molecular flexibility index (Phi) is 5.20. The van der Waals surface area contributed by atoms with Gasteiger partial charge in [0.2, 0.25) is 0 Å². The van der Waals surface area contributed by atoms with Crippen LogP contribution in [0.5, 0.6) is 5.75 Å². The molecule has 0 saturated carbocycles. The number of methoxy groups -OCH3 is 1. The second kappa shape index (κ2) is 6.91. The summed E-state index contributed by atoms with van der Waals surface area (Å²) in [6, 6.07) is 7.27. The van der Waals surface area contributed by atoms with E-state index in [4.69, 9.17) is 16.3 Å². The molecule has 4 nitrogen and oxygen atoms in total. The first-order valence-corrected chi connectivity index (χ1v) is 7.37. The molecule has 21 heavy (non-hydrogen) atoms. The lowest BCUT2D eigenvalue weighted by Gasteiger charge is -2.19. The molecule has 0 unspecified atom stereocenters. The summed E-state index contributed by atoms with van der Waals surface area (Å²) in [6.07, 6.45) is 3.02. The molecule has 1 heterocycles. The molecule has 0 aliphatic rings. The van der Waals surface area contributed by atoms with E-state index in [0.717, 1.165) is 15.8 Å². The minimum absolute atomic E-state index is 0.185. The molecule has 6 heteroatoms. The molecule has 0 N–H and O–H groups in total. The van der Waals surface area contributed by atoms with Crippen LogP contribution in [0.15, 0.2) is 41.1 Å². The summed E-state index contributed by atoms with van der Waals surface area (Å²) in [5.74, 6) is 0.547. The van der Waals surface area contributed by atoms with Crippen molar-refractivity contribution in [1.82, 2.24) is 9.88 Å². The fourth-order valence-electron chi connectivity index (χ4n) is 1.94. The number of rotatable bonds is 4. The van der Waals surface area contributed by atoms with Crippen molar-refractivity contribution in [2.24, 2.45) is 0 Å². The topological polar surface area (TPSA) is 42.4 Å². The van der Waals surface area contributed by atoms with Crippen LogP contribution in [0.4, 0.5) is 0 Å². The first kappa shape index (κ1) is 15.8. The van der Waals surface area contributed by atoms with Crippen molar-refractivity contribution in [3.8, 4) is 5.75 Å². The number of carbonyl (C=O) groups is 1. The van der Waals surface area contributed by atoms with Crippen LogP contribution in [0.3, 0.4) is 0 Å². The molecule has 0 spiro atoms. The van der Waals surface area contributed by atoms with Gasteiger partial charge in [0.25, 0.3) is 5.91 Å². The van der Waals surface area contributed by atoms with E-state index in [2.05, 4.69) is 20.9 Å². The normalized spacial score (nSPS) is 10.3. The predicted molar refractivity (Wildman–Crippen MR) is 85.7 cm³/mol. The lowest BCUT2D eigenvalue weighted by Crippen LogP contribution is -2.26. The third-order valence-corrected chi connectivity index (χ3v) is 3.82. The van der Waals surface area contributed by atoms with Gasteiger partial charge < -0.3 is 9.64 Å². The van der Waals surface area contributed by atoms with E-state index >= 15 is 0 Å². The first-order chi connectivity index (χ1) is 10.0. The van der Waals surface area contributed by atoms with Gasteiger partial charge in [0.15, 0.2) is 0 Å². The van der Waals surface area contributed by atoms with Gasteiger partial charge in [-0.25, -0.2) is 0 Å². The van der Waals surface area contributed by atoms with Crippen molar-refractivity contribution in [1.29, 1.82) is 0 Å². The minimum Gasteiger partial charge on any atom is -0.496 e. The van der Waals surface area contributed by atoms with Gasteiger partial charge in [-0.3, -0.25) is 9.78 Å². The third kappa shape index (κ3) is 3.74. The highest BCUT2D eigenvalue weighted by molar-refractivity contribution is 9.10. The molecule has 1 aromatic heterocycles. The molecule has 2 aromatic rings. The van der Waals surface area contributed by atoms with E-state index in [-0.39, 0.29) is 5.91 Å². The van der Waals surface area contributed by atoms with Crippen LogP contribution in [0.25, 0.3) is 0 Å². The number of halogens is 2. The average molecular weight is 370 g/mol. The van der Waals surface area contributed by atoms with Crippen molar-refractivity contribution < 1.29 is 9.53 Å². The van der Waals surface area contributed by atoms with Crippen molar-refractivity contribution in [2.75, 3.05) is 14.2 Å². The highest BCUT2D eigenvalue weighted by atomic mass is 79.9. The van der Waals surface area contributed by atoms with Gasteiger partial charge in [0.05, 0.1) is 17.7 Å². The van der Waals surface area contributed by atoms with Crippen LogP contribution < -0.4 is 4.74 Å². The Bertz CT molecular complexity index is 664. The first-order valence-electron chi connectivity index (χ1n) is 6.20. The van der Waals surface area contributed by atoms with E-state index in [9.17, 15) is 4.79 Å². The van der Waals surface area contributed by atoms with E-state index < -0.39 is 0 Å². The minimum atomic E-state index is -0.185. The monoisotopic (exact) mass is 368 g/mol. The summed E-state index contributed by atoms with van der Waals surface area (Å²) >= 11 is 9.45. The van der Waals surface area contributed by atoms with Crippen LogP contribution in [0.1, 0.15) is 15.9 Å². The molecule has 0 saturated heterocycles. The molecule has 1 amide bonds. The molecule has 2 rings (SSSR count). The summed E-state index contributed by atoms with van der Waals surface area (Å²) in [5, 5.41) is 0.392. The SMILES string of the molecule is COc1ccc(Br)cc1CN(C)C(=O)c1cnccc1Cl. The van der Waals surface area contributed by atoms with Gasteiger partial charge in [-0.05, 0) is 24.3 Å². The number of nitrogens with zero attached hydrogens (tertiary/aromatic N) is 2. The molecule has 0 radical (unpaired) electrons. The molecule has 0 fully saturated rings. The Labute approximate surface area is 136 Å². The molecule has 0 bridgehead atoms. The highest BCUT2D eigenvalue weighted by Gasteiger charge is 2.17. The fraction of sp³-hybridized carbons (Fsp3) is 0.200. The maximum Gasteiger partial charge on any atom is 0.256 e. The van der Waals surface area contributed by atoms with Gasteiger partial charge in [-0.1, -0.05) is 27.5 Å². The van der Waals surface area contributed by atoms with Crippen LogP contribution in [0.2, 0.25) is 5.02 Å². The van der Waals surface area contributed by atoms with Gasteiger partial charge in [0, 0.05) is 36.0 Å². The molecular formula is C15H14BrClN2O2. The van der Waals surface area contributed by atoms with Crippen molar-refractivity contribution in [3.63, 3.8) is 0 Å². The standard InChI is InChI=1S/C15H14BrClN2O2/c1-19(15(20)12-8-18-6-5-13(12)17)9-10-7-11(16)3-4-14(10)21-2/h3-8H,9H2,1-2H3. The number of amides is 1. The summed E-state index contributed by atoms with van der Waals surface area (Å²) in [5.41, 5.74) is 1.29. The van der Waals surface area contributed by atoms with E-state index in [1.165, 1.54) is 6.20 Å². The van der Waals surface area contributed by atoms with E-state index in [0.29, 0.717) is 17.1 Å². The van der Waals surface area contributed by atoms with Crippen LogP contribution >= 0.6 is 27.5 Å². The summed E-state index contributed by atoms with van der Waals surface area (Å²) in [4.78, 5) is 17.9. The van der Waals surface area contributed by atoms with Crippen LogP contribution in [-0.4, -0.2) is 29.9 Å². The number of hydrogen-bond donors (Lipinski definition) is 0. The van der Waals surface area contributed by atoms with E-state index in [1.807, 2.05) is 18.2 Å². The molecule has 0 aliphatic heterocycles. The molecule has 1 aromatic carbocycles. The molecule has 110 valence electrons. The maximum absolute atomic E-state index is 12.4. The molecule has 0 atom stereocenters.